The van der Waals surface area contributed by atoms with Crippen molar-refractivity contribution in [2.45, 2.75) is 6.92 Å². The summed E-state index contributed by atoms with van der Waals surface area (Å²) in [6, 6.07) is 8.46. The predicted octanol–water partition coefficient (Wildman–Crippen LogP) is 2.91. The standard InChI is InChI=1S/C13H12FN3S/c1-8-4-5-9(7-10(8)14)17-11-3-2-6-16-12(11)13(15)18/h2-7,17H,1H3,(H2,15,18). The summed E-state index contributed by atoms with van der Waals surface area (Å²) in [6.07, 6.45) is 1.61. The van der Waals surface area contributed by atoms with Gasteiger partial charge in [-0.05, 0) is 36.8 Å². The number of nitrogens with zero attached hydrogens (tertiary/aromatic N) is 1. The zero-order valence-corrected chi connectivity index (χ0v) is 10.6. The molecule has 0 radical (unpaired) electrons. The third-order valence-corrected chi connectivity index (χ3v) is 2.69. The number of hydrogen-bond donors (Lipinski definition) is 2. The molecule has 0 fully saturated rings. The number of anilines is 2. The van der Waals surface area contributed by atoms with Gasteiger partial charge in [0.2, 0.25) is 0 Å². The topological polar surface area (TPSA) is 50.9 Å². The molecule has 0 spiro atoms. The maximum Gasteiger partial charge on any atom is 0.128 e. The van der Waals surface area contributed by atoms with E-state index in [1.807, 2.05) is 0 Å². The highest BCUT2D eigenvalue weighted by Gasteiger charge is 2.07. The molecule has 3 N–H and O–H groups in total. The van der Waals surface area contributed by atoms with Crippen LogP contribution in [-0.2, 0) is 0 Å². The van der Waals surface area contributed by atoms with Gasteiger partial charge in [-0.1, -0.05) is 18.3 Å². The van der Waals surface area contributed by atoms with Crippen molar-refractivity contribution < 1.29 is 4.39 Å². The largest absolute Gasteiger partial charge is 0.388 e. The van der Waals surface area contributed by atoms with Crippen LogP contribution in [-0.4, -0.2) is 9.97 Å². The molecule has 1 heterocycles. The summed E-state index contributed by atoms with van der Waals surface area (Å²) in [6.45, 7) is 1.71. The van der Waals surface area contributed by atoms with Crippen LogP contribution in [0.1, 0.15) is 11.3 Å². The monoisotopic (exact) mass is 261 g/mol. The van der Waals surface area contributed by atoms with Gasteiger partial charge in [-0.15, -0.1) is 0 Å². The van der Waals surface area contributed by atoms with Crippen molar-refractivity contribution in [2.24, 2.45) is 5.73 Å². The molecule has 0 amide bonds. The van der Waals surface area contributed by atoms with Crippen LogP contribution in [0.2, 0.25) is 0 Å². The minimum atomic E-state index is -0.263. The molecule has 0 bridgehead atoms. The Balaban J connectivity index is 2.34. The van der Waals surface area contributed by atoms with Crippen LogP contribution in [0.3, 0.4) is 0 Å². The molecule has 2 aromatic rings. The average Bonchev–Trinajstić information content (AvgIpc) is 2.34. The van der Waals surface area contributed by atoms with E-state index in [0.29, 0.717) is 22.6 Å². The molecular formula is C13H12FN3S. The Labute approximate surface area is 110 Å². The summed E-state index contributed by atoms with van der Waals surface area (Å²) in [7, 11) is 0. The molecule has 1 aromatic carbocycles. The Hall–Kier alpha value is -2.01. The van der Waals surface area contributed by atoms with Gasteiger partial charge in [-0.25, -0.2) is 4.39 Å². The van der Waals surface area contributed by atoms with E-state index in [2.05, 4.69) is 10.3 Å². The van der Waals surface area contributed by atoms with Gasteiger partial charge in [0.1, 0.15) is 16.5 Å². The number of hydrogen-bond acceptors (Lipinski definition) is 3. The summed E-state index contributed by atoms with van der Waals surface area (Å²) in [5.74, 6) is -0.263. The highest BCUT2D eigenvalue weighted by molar-refractivity contribution is 7.80. The molecule has 5 heteroatoms. The SMILES string of the molecule is Cc1ccc(Nc2cccnc2C(N)=S)cc1F. The lowest BCUT2D eigenvalue weighted by Crippen LogP contribution is -2.13. The fraction of sp³-hybridized carbons (Fsp3) is 0.0769. The molecule has 18 heavy (non-hydrogen) atoms. The van der Waals surface area contributed by atoms with Gasteiger partial charge in [-0.3, -0.25) is 4.98 Å². The van der Waals surface area contributed by atoms with E-state index < -0.39 is 0 Å². The Bertz CT molecular complexity index is 599. The number of aryl methyl sites for hydroxylation is 1. The fourth-order valence-electron chi connectivity index (χ4n) is 1.53. The number of benzene rings is 1. The van der Waals surface area contributed by atoms with Gasteiger partial charge >= 0.3 is 0 Å². The first-order valence-corrected chi connectivity index (χ1v) is 5.77. The first-order valence-electron chi connectivity index (χ1n) is 5.36. The summed E-state index contributed by atoms with van der Waals surface area (Å²) in [5, 5.41) is 3.05. The molecule has 0 unspecified atom stereocenters. The third-order valence-electron chi connectivity index (χ3n) is 2.49. The molecule has 1 aromatic heterocycles. The van der Waals surface area contributed by atoms with E-state index in [0.717, 1.165) is 0 Å². The number of rotatable bonds is 3. The van der Waals surface area contributed by atoms with Crippen LogP contribution in [0.15, 0.2) is 36.5 Å². The van der Waals surface area contributed by atoms with Crippen LogP contribution >= 0.6 is 12.2 Å². The van der Waals surface area contributed by atoms with Crippen molar-refractivity contribution in [3.63, 3.8) is 0 Å². The van der Waals surface area contributed by atoms with Crippen molar-refractivity contribution in [2.75, 3.05) is 5.32 Å². The number of thiocarbonyl (C=S) groups is 1. The second kappa shape index (κ2) is 5.10. The molecule has 0 aliphatic carbocycles. The van der Waals surface area contributed by atoms with Gasteiger partial charge in [0.25, 0.3) is 0 Å². The highest BCUT2D eigenvalue weighted by atomic mass is 32.1. The number of halogens is 1. The zero-order valence-electron chi connectivity index (χ0n) is 9.77. The predicted molar refractivity (Wildman–Crippen MR) is 74.5 cm³/mol. The Morgan fingerprint density at radius 1 is 1.39 bits per heavy atom. The van der Waals surface area contributed by atoms with Crippen LogP contribution in [0.4, 0.5) is 15.8 Å². The van der Waals surface area contributed by atoms with Crippen LogP contribution in [0.5, 0.6) is 0 Å². The van der Waals surface area contributed by atoms with Crippen LogP contribution in [0.25, 0.3) is 0 Å². The third kappa shape index (κ3) is 2.62. The van der Waals surface area contributed by atoms with E-state index in [1.165, 1.54) is 6.07 Å². The van der Waals surface area contributed by atoms with E-state index >= 15 is 0 Å². The molecule has 0 saturated heterocycles. The summed E-state index contributed by atoms with van der Waals surface area (Å²) >= 11 is 4.91. The number of pyridine rings is 1. The normalized spacial score (nSPS) is 10.1. The van der Waals surface area contributed by atoms with Crippen molar-refractivity contribution in [1.82, 2.24) is 4.98 Å². The van der Waals surface area contributed by atoms with Crippen molar-refractivity contribution >= 4 is 28.6 Å². The zero-order chi connectivity index (χ0) is 13.1. The van der Waals surface area contributed by atoms with Gasteiger partial charge in [0.15, 0.2) is 0 Å². The van der Waals surface area contributed by atoms with Crippen LogP contribution in [0, 0.1) is 12.7 Å². The lowest BCUT2D eigenvalue weighted by atomic mass is 10.2. The molecule has 2 rings (SSSR count). The summed E-state index contributed by atoms with van der Waals surface area (Å²) in [4.78, 5) is 4.29. The Morgan fingerprint density at radius 3 is 2.83 bits per heavy atom. The maximum atomic E-state index is 13.4. The van der Waals surface area contributed by atoms with Gasteiger partial charge in [0, 0.05) is 11.9 Å². The average molecular weight is 261 g/mol. The van der Waals surface area contributed by atoms with Gasteiger partial charge in [-0.2, -0.15) is 0 Å². The molecule has 0 aliphatic rings. The highest BCUT2D eigenvalue weighted by Crippen LogP contribution is 2.21. The molecule has 0 atom stereocenters. The number of nitrogens with one attached hydrogen (secondary N) is 1. The Morgan fingerprint density at radius 2 is 2.17 bits per heavy atom. The molecular weight excluding hydrogens is 249 g/mol. The molecule has 3 nitrogen and oxygen atoms in total. The van der Waals surface area contributed by atoms with E-state index in [9.17, 15) is 4.39 Å². The van der Waals surface area contributed by atoms with E-state index in [4.69, 9.17) is 18.0 Å². The van der Waals surface area contributed by atoms with E-state index in [-0.39, 0.29) is 10.8 Å². The minimum absolute atomic E-state index is 0.200. The lowest BCUT2D eigenvalue weighted by Gasteiger charge is -2.10. The Kier molecular flexibility index (Phi) is 3.53. The lowest BCUT2D eigenvalue weighted by molar-refractivity contribution is 0.619. The second-order valence-electron chi connectivity index (χ2n) is 3.85. The first-order chi connectivity index (χ1) is 8.58. The first kappa shape index (κ1) is 12.4. The summed E-state index contributed by atoms with van der Waals surface area (Å²) < 4.78 is 13.4. The quantitative estimate of drug-likeness (QED) is 0.834. The van der Waals surface area contributed by atoms with Crippen LogP contribution < -0.4 is 11.1 Å². The second-order valence-corrected chi connectivity index (χ2v) is 4.29. The molecule has 0 aliphatic heterocycles. The molecule has 92 valence electrons. The van der Waals surface area contributed by atoms with Crippen molar-refractivity contribution in [1.29, 1.82) is 0 Å². The smallest absolute Gasteiger partial charge is 0.128 e. The van der Waals surface area contributed by atoms with Gasteiger partial charge < -0.3 is 11.1 Å². The fourth-order valence-corrected chi connectivity index (χ4v) is 1.69. The number of nitrogens with two attached hydrogens (primary N) is 1. The minimum Gasteiger partial charge on any atom is -0.388 e. The number of aromatic nitrogens is 1. The maximum absolute atomic E-state index is 13.4. The van der Waals surface area contributed by atoms with Gasteiger partial charge in [0.05, 0.1) is 5.69 Å². The molecule has 0 saturated carbocycles. The van der Waals surface area contributed by atoms with Crippen molar-refractivity contribution in [3.8, 4) is 0 Å². The van der Waals surface area contributed by atoms with E-state index in [1.54, 1.807) is 37.4 Å². The van der Waals surface area contributed by atoms with Crippen molar-refractivity contribution in [3.05, 3.63) is 53.6 Å². The summed E-state index contributed by atoms with van der Waals surface area (Å²) in [5.41, 5.74) is 7.96.